The number of fused-ring (bicyclic) bond motifs is 1. The quantitative estimate of drug-likeness (QED) is 0.610. The molecular formula is C26H29F3N4O4. The molecule has 0 radical (unpaired) electrons. The maximum atomic E-state index is 14.0. The zero-order valence-electron chi connectivity index (χ0n) is 20.2. The van der Waals surface area contributed by atoms with E-state index in [4.69, 9.17) is 9.84 Å². The molecule has 1 saturated heterocycles. The number of amides is 2. The van der Waals surface area contributed by atoms with Gasteiger partial charge in [0.05, 0.1) is 23.9 Å². The summed E-state index contributed by atoms with van der Waals surface area (Å²) in [4.78, 5) is 29.0. The number of aliphatic hydroxyl groups excluding tert-OH is 1. The molecule has 8 nitrogen and oxygen atoms in total. The number of rotatable bonds is 6. The van der Waals surface area contributed by atoms with Crippen LogP contribution in [0.1, 0.15) is 77.7 Å². The highest BCUT2D eigenvalue weighted by molar-refractivity contribution is 6.05. The Hall–Kier alpha value is -2.92. The van der Waals surface area contributed by atoms with Gasteiger partial charge in [-0.3, -0.25) is 14.5 Å². The van der Waals surface area contributed by atoms with E-state index in [0.717, 1.165) is 56.2 Å². The van der Waals surface area contributed by atoms with Crippen molar-refractivity contribution in [3.63, 3.8) is 0 Å². The number of halogens is 3. The van der Waals surface area contributed by atoms with Gasteiger partial charge in [-0.05, 0) is 62.6 Å². The Labute approximate surface area is 211 Å². The lowest BCUT2D eigenvalue weighted by Crippen LogP contribution is -2.56. The third-order valence-electron chi connectivity index (χ3n) is 7.89. The molecule has 2 aromatic rings. The van der Waals surface area contributed by atoms with Crippen LogP contribution in [0.15, 0.2) is 24.3 Å². The molecule has 3 fully saturated rings. The minimum Gasteiger partial charge on any atom is -0.390 e. The monoisotopic (exact) mass is 518 g/mol. The van der Waals surface area contributed by atoms with E-state index < -0.39 is 29.6 Å². The van der Waals surface area contributed by atoms with Crippen LogP contribution in [0, 0.1) is 5.92 Å². The molecule has 0 spiro atoms. The fourth-order valence-corrected chi connectivity index (χ4v) is 5.80. The molecule has 3 heterocycles. The van der Waals surface area contributed by atoms with E-state index in [0.29, 0.717) is 24.7 Å². The lowest BCUT2D eigenvalue weighted by atomic mass is 9.82. The Morgan fingerprint density at radius 1 is 1.11 bits per heavy atom. The number of nitrogens with one attached hydrogen (secondary N) is 1. The SMILES string of the molecule is O=C(NC1C(=O)N(C2CC2)c2c(c(CO)nn2C2CCOCC2)C1C1CC1)c1cccc(C(F)(F)F)c1. The van der Waals surface area contributed by atoms with E-state index in [1.807, 2.05) is 4.68 Å². The number of aliphatic hydroxyl groups is 1. The molecule has 6 rings (SSSR count). The van der Waals surface area contributed by atoms with Crippen LogP contribution in [0.2, 0.25) is 0 Å². The summed E-state index contributed by atoms with van der Waals surface area (Å²) in [6, 6.07) is 3.29. The fourth-order valence-electron chi connectivity index (χ4n) is 5.80. The summed E-state index contributed by atoms with van der Waals surface area (Å²) in [5.74, 6) is -0.553. The lowest BCUT2D eigenvalue weighted by molar-refractivity contribution is -0.137. The molecule has 4 aliphatic rings. The van der Waals surface area contributed by atoms with Crippen LogP contribution >= 0.6 is 0 Å². The minimum atomic E-state index is -4.58. The zero-order chi connectivity index (χ0) is 25.9. The summed E-state index contributed by atoms with van der Waals surface area (Å²) >= 11 is 0. The summed E-state index contributed by atoms with van der Waals surface area (Å²) in [5, 5.41) is 17.9. The number of anilines is 1. The maximum Gasteiger partial charge on any atom is 0.416 e. The fraction of sp³-hybridized carbons (Fsp3) is 0.577. The Bertz CT molecular complexity index is 1210. The van der Waals surface area contributed by atoms with Crippen LogP contribution in [0.25, 0.3) is 0 Å². The summed E-state index contributed by atoms with van der Waals surface area (Å²) < 4.78 is 47.1. The molecule has 2 N–H and O–H groups in total. The first kappa shape index (κ1) is 24.4. The molecule has 2 aliphatic carbocycles. The zero-order valence-corrected chi connectivity index (χ0v) is 20.2. The first-order chi connectivity index (χ1) is 17.8. The average molecular weight is 519 g/mol. The van der Waals surface area contributed by atoms with Gasteiger partial charge in [0.1, 0.15) is 11.9 Å². The van der Waals surface area contributed by atoms with Gasteiger partial charge in [-0.15, -0.1) is 0 Å². The predicted molar refractivity (Wildman–Crippen MR) is 126 cm³/mol. The van der Waals surface area contributed by atoms with Gasteiger partial charge < -0.3 is 15.2 Å². The Morgan fingerprint density at radius 3 is 2.46 bits per heavy atom. The minimum absolute atomic E-state index is 0.0267. The number of carbonyl (C=O) groups excluding carboxylic acids is 2. The number of hydrogen-bond acceptors (Lipinski definition) is 5. The second-order valence-electron chi connectivity index (χ2n) is 10.5. The summed E-state index contributed by atoms with van der Waals surface area (Å²) in [5.41, 5.74) is 0.212. The van der Waals surface area contributed by atoms with Gasteiger partial charge in [-0.25, -0.2) is 4.68 Å². The topological polar surface area (TPSA) is 96.7 Å². The van der Waals surface area contributed by atoms with Gasteiger partial charge in [0.25, 0.3) is 11.8 Å². The molecule has 2 unspecified atom stereocenters. The van der Waals surface area contributed by atoms with Crippen LogP contribution in [-0.4, -0.2) is 52.0 Å². The third-order valence-corrected chi connectivity index (χ3v) is 7.89. The Kier molecular flexibility index (Phi) is 6.02. The molecule has 198 valence electrons. The van der Waals surface area contributed by atoms with E-state index in [1.165, 1.54) is 12.1 Å². The number of nitrogens with zero attached hydrogens (tertiary/aromatic N) is 3. The van der Waals surface area contributed by atoms with Gasteiger partial charge in [0, 0.05) is 36.3 Å². The molecule has 37 heavy (non-hydrogen) atoms. The van der Waals surface area contributed by atoms with Gasteiger partial charge in [0.2, 0.25) is 0 Å². The number of carbonyl (C=O) groups is 2. The molecule has 2 atom stereocenters. The first-order valence-corrected chi connectivity index (χ1v) is 12.9. The predicted octanol–water partition coefficient (Wildman–Crippen LogP) is 3.55. The lowest BCUT2D eigenvalue weighted by Gasteiger charge is -2.40. The average Bonchev–Trinajstić information content (AvgIpc) is 3.82. The standard InChI is InChI=1S/C26H29F3N4O4/c27-26(28,29)16-3-1-2-15(12-16)23(35)30-22-20(14-4-5-14)21-19(13-34)31-33(18-8-10-37-11-9-18)24(21)32(25(22)36)17-6-7-17/h1-3,12,14,17-18,20,22,34H,4-11,13H2,(H,30,35). The Balaban J connectivity index is 1.40. The van der Waals surface area contributed by atoms with Gasteiger partial charge in [-0.1, -0.05) is 6.07 Å². The van der Waals surface area contributed by atoms with Crippen molar-refractivity contribution in [1.29, 1.82) is 0 Å². The number of benzene rings is 1. The largest absolute Gasteiger partial charge is 0.416 e. The van der Waals surface area contributed by atoms with Crippen LogP contribution in [0.3, 0.4) is 0 Å². The maximum absolute atomic E-state index is 14.0. The molecular weight excluding hydrogens is 489 g/mol. The van der Waals surface area contributed by atoms with Crippen molar-refractivity contribution >= 4 is 17.6 Å². The van der Waals surface area contributed by atoms with E-state index >= 15 is 0 Å². The molecule has 1 aromatic heterocycles. The van der Waals surface area contributed by atoms with Gasteiger partial charge in [0.15, 0.2) is 0 Å². The van der Waals surface area contributed by atoms with Crippen LogP contribution in [-0.2, 0) is 22.3 Å². The number of hydrogen-bond donors (Lipinski definition) is 2. The number of alkyl halides is 3. The second kappa shape index (κ2) is 9.13. The third kappa shape index (κ3) is 4.41. The van der Waals surface area contributed by atoms with Crippen molar-refractivity contribution in [2.24, 2.45) is 5.92 Å². The highest BCUT2D eigenvalue weighted by Crippen LogP contribution is 2.53. The molecule has 1 aromatic carbocycles. The van der Waals surface area contributed by atoms with Gasteiger partial charge in [-0.2, -0.15) is 18.3 Å². The molecule has 0 bridgehead atoms. The van der Waals surface area contributed by atoms with E-state index in [-0.39, 0.29) is 36.1 Å². The van der Waals surface area contributed by atoms with E-state index in [2.05, 4.69) is 5.32 Å². The summed E-state index contributed by atoms with van der Waals surface area (Å²) in [6.45, 7) is 0.877. The molecule has 2 aliphatic heterocycles. The van der Waals surface area contributed by atoms with Crippen molar-refractivity contribution in [2.45, 2.75) is 75.4 Å². The van der Waals surface area contributed by atoms with E-state index in [1.54, 1.807) is 4.90 Å². The number of aromatic nitrogens is 2. The molecule has 2 amide bonds. The van der Waals surface area contributed by atoms with Crippen LogP contribution in [0.4, 0.5) is 19.0 Å². The molecule has 2 saturated carbocycles. The highest BCUT2D eigenvalue weighted by atomic mass is 19.4. The smallest absolute Gasteiger partial charge is 0.390 e. The normalized spacial score (nSPS) is 24.8. The second-order valence-corrected chi connectivity index (χ2v) is 10.5. The van der Waals surface area contributed by atoms with Crippen LogP contribution < -0.4 is 10.2 Å². The van der Waals surface area contributed by atoms with Gasteiger partial charge >= 0.3 is 6.18 Å². The molecule has 11 heteroatoms. The Morgan fingerprint density at radius 2 is 1.84 bits per heavy atom. The first-order valence-electron chi connectivity index (χ1n) is 12.9. The van der Waals surface area contributed by atoms with Crippen LogP contribution in [0.5, 0.6) is 0 Å². The van der Waals surface area contributed by atoms with Crippen molar-refractivity contribution in [2.75, 3.05) is 18.1 Å². The van der Waals surface area contributed by atoms with Crippen molar-refractivity contribution in [3.05, 3.63) is 46.6 Å². The van der Waals surface area contributed by atoms with E-state index in [9.17, 15) is 27.9 Å². The van der Waals surface area contributed by atoms with Crippen molar-refractivity contribution in [1.82, 2.24) is 15.1 Å². The summed E-state index contributed by atoms with van der Waals surface area (Å²) in [6.07, 6.45) is 0.279. The summed E-state index contributed by atoms with van der Waals surface area (Å²) in [7, 11) is 0. The number of ether oxygens (including phenoxy) is 1. The highest BCUT2D eigenvalue weighted by Gasteiger charge is 2.54. The van der Waals surface area contributed by atoms with Crippen molar-refractivity contribution in [3.8, 4) is 0 Å². The van der Waals surface area contributed by atoms with Crippen molar-refractivity contribution < 1.29 is 32.6 Å².